The van der Waals surface area contributed by atoms with Gasteiger partial charge in [0.15, 0.2) is 5.81 Å². The number of amides is 1. The molecule has 0 bridgehead atoms. The van der Waals surface area contributed by atoms with E-state index < -0.39 is 5.81 Å². The molecule has 16 heavy (non-hydrogen) atoms. The molecule has 1 amide bonds. The van der Waals surface area contributed by atoms with Crippen LogP contribution < -0.4 is 5.32 Å². The fourth-order valence-electron chi connectivity index (χ4n) is 1.50. The summed E-state index contributed by atoms with van der Waals surface area (Å²) in [6.45, 7) is 2.08. The Bertz CT molecular complexity index is 348. The average Bonchev–Trinajstić information content (AvgIpc) is 2.27. The Balaban J connectivity index is 2.60. The molecular weight excluding hydrogens is 197 g/mol. The number of hydrogen-bond acceptors (Lipinski definition) is 1. The third kappa shape index (κ3) is 4.83. The summed E-state index contributed by atoms with van der Waals surface area (Å²) in [6, 6.07) is 9.99. The minimum Gasteiger partial charge on any atom is -0.360 e. The maximum atomic E-state index is 10.8. The van der Waals surface area contributed by atoms with Gasteiger partial charge in [0, 0.05) is 6.04 Å². The maximum absolute atomic E-state index is 10.8. The number of benzene rings is 1. The molecule has 0 heterocycles. The highest BCUT2D eigenvalue weighted by molar-refractivity contribution is 6.57. The Kier molecular flexibility index (Phi) is 5.41. The van der Waals surface area contributed by atoms with E-state index in [-0.39, 0.29) is 6.04 Å². The number of carbonyl (C=O) groups is 1. The van der Waals surface area contributed by atoms with Crippen LogP contribution in [0.2, 0.25) is 0 Å². The summed E-state index contributed by atoms with van der Waals surface area (Å²) < 4.78 is 0. The lowest BCUT2D eigenvalue weighted by Gasteiger charge is -2.12. The van der Waals surface area contributed by atoms with E-state index in [0.717, 1.165) is 18.4 Å². The van der Waals surface area contributed by atoms with Gasteiger partial charge in [-0.05, 0) is 12.0 Å². The van der Waals surface area contributed by atoms with Crippen LogP contribution in [0, 0.1) is 0 Å². The molecule has 0 fully saturated rings. The lowest BCUT2D eigenvalue weighted by molar-refractivity contribution is 0.257. The molecule has 2 nitrogen and oxygen atoms in total. The van der Waals surface area contributed by atoms with Crippen molar-refractivity contribution in [2.45, 2.75) is 25.8 Å². The van der Waals surface area contributed by atoms with Crippen LogP contribution >= 0.6 is 0 Å². The van der Waals surface area contributed by atoms with Crippen LogP contribution in [-0.4, -0.2) is 19.7 Å². The molecule has 2 radical (unpaired) electrons. The van der Waals surface area contributed by atoms with E-state index in [0.29, 0.717) is 0 Å². The Morgan fingerprint density at radius 3 is 2.69 bits per heavy atom. The van der Waals surface area contributed by atoms with Gasteiger partial charge in [-0.1, -0.05) is 55.8 Å². The fourth-order valence-corrected chi connectivity index (χ4v) is 1.50. The standard InChI is InChI=1S/C13H16BNO/c1-2-6-12(15-13(14)16)10-9-11-7-4-3-5-8-11/h3-5,7-10,12H,2,6H2,1H3,(H,15,16)/b10-9+/t12-/m0/s1. The van der Waals surface area contributed by atoms with Crippen LogP contribution in [0.15, 0.2) is 36.4 Å². The molecule has 0 unspecified atom stereocenters. The van der Waals surface area contributed by atoms with E-state index in [2.05, 4.69) is 12.2 Å². The quantitative estimate of drug-likeness (QED) is 0.748. The number of nitrogens with one attached hydrogen (secondary N) is 1. The summed E-state index contributed by atoms with van der Waals surface area (Å²) in [5, 5.41) is 2.70. The Labute approximate surface area is 98.2 Å². The molecule has 1 N–H and O–H groups in total. The van der Waals surface area contributed by atoms with Gasteiger partial charge in [-0.2, -0.15) is 0 Å². The van der Waals surface area contributed by atoms with Crippen molar-refractivity contribution in [2.24, 2.45) is 0 Å². The zero-order valence-corrected chi connectivity index (χ0v) is 9.52. The molecule has 0 spiro atoms. The number of carbonyl (C=O) groups excluding carboxylic acids is 1. The first-order chi connectivity index (χ1) is 7.72. The second kappa shape index (κ2) is 6.88. The van der Waals surface area contributed by atoms with Crippen LogP contribution in [-0.2, 0) is 0 Å². The highest BCUT2D eigenvalue weighted by Crippen LogP contribution is 2.05. The molecule has 1 aromatic rings. The molecule has 0 aliphatic rings. The normalized spacial score (nSPS) is 12.6. The van der Waals surface area contributed by atoms with Gasteiger partial charge in [-0.15, -0.1) is 0 Å². The highest BCUT2D eigenvalue weighted by atomic mass is 16.1. The van der Waals surface area contributed by atoms with Gasteiger partial charge in [0.25, 0.3) is 0 Å². The van der Waals surface area contributed by atoms with Gasteiger partial charge in [0.05, 0.1) is 0 Å². The van der Waals surface area contributed by atoms with Gasteiger partial charge in [-0.3, -0.25) is 4.79 Å². The van der Waals surface area contributed by atoms with Crippen LogP contribution in [0.5, 0.6) is 0 Å². The van der Waals surface area contributed by atoms with Crippen molar-refractivity contribution in [1.29, 1.82) is 0 Å². The van der Waals surface area contributed by atoms with Gasteiger partial charge >= 0.3 is 0 Å². The van der Waals surface area contributed by atoms with E-state index in [4.69, 9.17) is 7.85 Å². The molecule has 1 aromatic carbocycles. The third-order valence-corrected chi connectivity index (χ3v) is 2.25. The summed E-state index contributed by atoms with van der Waals surface area (Å²) in [6.07, 6.45) is 5.87. The van der Waals surface area contributed by atoms with Crippen LogP contribution in [0.3, 0.4) is 0 Å². The Morgan fingerprint density at radius 1 is 1.44 bits per heavy atom. The molecular formula is C13H16BNO. The molecule has 0 aliphatic heterocycles. The van der Waals surface area contributed by atoms with Crippen molar-refractivity contribution < 1.29 is 4.79 Å². The van der Waals surface area contributed by atoms with Crippen molar-refractivity contribution in [3.05, 3.63) is 42.0 Å². The van der Waals surface area contributed by atoms with Crippen molar-refractivity contribution in [3.8, 4) is 0 Å². The monoisotopic (exact) mass is 213 g/mol. The van der Waals surface area contributed by atoms with Crippen molar-refractivity contribution in [3.63, 3.8) is 0 Å². The zero-order valence-electron chi connectivity index (χ0n) is 9.52. The van der Waals surface area contributed by atoms with Gasteiger partial charge < -0.3 is 5.32 Å². The molecule has 1 rings (SSSR count). The van der Waals surface area contributed by atoms with Gasteiger partial charge in [0.1, 0.15) is 0 Å². The minimum absolute atomic E-state index is 0.0164. The SMILES string of the molecule is [B]C(=O)N[C@H](/C=C/c1ccccc1)CCC. The molecule has 1 atom stereocenters. The second-order valence-electron chi connectivity index (χ2n) is 3.67. The first-order valence-corrected chi connectivity index (χ1v) is 5.51. The highest BCUT2D eigenvalue weighted by Gasteiger charge is 2.03. The van der Waals surface area contributed by atoms with Gasteiger partial charge in [0.2, 0.25) is 7.85 Å². The zero-order chi connectivity index (χ0) is 11.8. The summed E-state index contributed by atoms with van der Waals surface area (Å²) >= 11 is 0. The molecule has 0 aromatic heterocycles. The number of hydrogen-bond donors (Lipinski definition) is 1. The molecule has 0 aliphatic carbocycles. The molecule has 3 heteroatoms. The summed E-state index contributed by atoms with van der Waals surface area (Å²) in [5.41, 5.74) is 1.12. The van der Waals surface area contributed by atoms with E-state index >= 15 is 0 Å². The first kappa shape index (κ1) is 12.6. The first-order valence-electron chi connectivity index (χ1n) is 5.51. The van der Waals surface area contributed by atoms with E-state index in [1.165, 1.54) is 0 Å². The second-order valence-corrected chi connectivity index (χ2v) is 3.67. The summed E-state index contributed by atoms with van der Waals surface area (Å²) in [4.78, 5) is 10.8. The lowest BCUT2D eigenvalue weighted by Crippen LogP contribution is -2.32. The maximum Gasteiger partial charge on any atom is 0.200 e. The molecule has 0 saturated heterocycles. The topological polar surface area (TPSA) is 29.1 Å². The van der Waals surface area contributed by atoms with E-state index in [1.807, 2.05) is 42.5 Å². The lowest BCUT2D eigenvalue weighted by atomic mass is 10.1. The predicted octanol–water partition coefficient (Wildman–Crippen LogP) is 2.75. The average molecular weight is 213 g/mol. The Hall–Kier alpha value is -1.51. The summed E-state index contributed by atoms with van der Waals surface area (Å²) in [7, 11) is 5.11. The van der Waals surface area contributed by atoms with Crippen molar-refractivity contribution >= 4 is 19.7 Å². The minimum atomic E-state index is -0.476. The van der Waals surface area contributed by atoms with E-state index in [1.54, 1.807) is 0 Å². The third-order valence-electron chi connectivity index (χ3n) is 2.25. The Morgan fingerprint density at radius 2 is 2.12 bits per heavy atom. The smallest absolute Gasteiger partial charge is 0.200 e. The molecule has 82 valence electrons. The fraction of sp³-hybridized carbons (Fsp3) is 0.308. The number of rotatable bonds is 5. The van der Waals surface area contributed by atoms with E-state index in [9.17, 15) is 4.79 Å². The van der Waals surface area contributed by atoms with Gasteiger partial charge in [-0.25, -0.2) is 0 Å². The van der Waals surface area contributed by atoms with Crippen LogP contribution in [0.1, 0.15) is 25.3 Å². The van der Waals surface area contributed by atoms with Crippen LogP contribution in [0.4, 0.5) is 4.79 Å². The predicted molar refractivity (Wildman–Crippen MR) is 68.5 cm³/mol. The van der Waals surface area contributed by atoms with Crippen molar-refractivity contribution in [2.75, 3.05) is 0 Å². The summed E-state index contributed by atoms with van der Waals surface area (Å²) in [5.74, 6) is -0.476. The van der Waals surface area contributed by atoms with Crippen molar-refractivity contribution in [1.82, 2.24) is 5.32 Å². The largest absolute Gasteiger partial charge is 0.360 e. The molecule has 0 saturated carbocycles. The van der Waals surface area contributed by atoms with Crippen LogP contribution in [0.25, 0.3) is 6.08 Å².